The molecule has 2 heterocycles. The van der Waals surface area contributed by atoms with Crippen molar-refractivity contribution in [3.8, 4) is 0 Å². The highest BCUT2D eigenvalue weighted by Crippen LogP contribution is 2.25. The smallest absolute Gasteiger partial charge is 0.134 e. The number of aromatic nitrogens is 1. The molecule has 2 aromatic heterocycles. The first-order valence-corrected chi connectivity index (χ1v) is 6.51. The average molecular weight is 235 g/mol. The maximum atomic E-state index is 5.87. The van der Waals surface area contributed by atoms with Crippen molar-refractivity contribution in [2.24, 2.45) is 5.73 Å². The Morgan fingerprint density at radius 1 is 1.50 bits per heavy atom. The van der Waals surface area contributed by atoms with E-state index < -0.39 is 0 Å². The van der Waals surface area contributed by atoms with Crippen molar-refractivity contribution in [2.75, 3.05) is 11.9 Å². The molecule has 0 aliphatic rings. The molecule has 4 heteroatoms. The Morgan fingerprint density at radius 2 is 2.38 bits per heavy atom. The van der Waals surface area contributed by atoms with Crippen LogP contribution in [0.25, 0.3) is 10.1 Å². The molecule has 0 radical (unpaired) electrons. The first-order valence-electron chi connectivity index (χ1n) is 5.63. The monoisotopic (exact) mass is 235 g/mol. The summed E-state index contributed by atoms with van der Waals surface area (Å²) in [5.41, 5.74) is 5.87. The van der Waals surface area contributed by atoms with E-state index >= 15 is 0 Å². The molecular formula is C12H17N3S. The van der Waals surface area contributed by atoms with Crippen LogP contribution in [0.1, 0.15) is 19.8 Å². The summed E-state index contributed by atoms with van der Waals surface area (Å²) < 4.78 is 1.28. The van der Waals surface area contributed by atoms with Crippen molar-refractivity contribution in [1.82, 2.24) is 4.98 Å². The maximum Gasteiger partial charge on any atom is 0.134 e. The van der Waals surface area contributed by atoms with Crippen molar-refractivity contribution >= 4 is 27.2 Å². The number of thiophene rings is 1. The predicted octanol–water partition coefficient (Wildman–Crippen LogP) is 2.84. The zero-order valence-electron chi connectivity index (χ0n) is 9.44. The second-order valence-corrected chi connectivity index (χ2v) is 4.82. The van der Waals surface area contributed by atoms with Gasteiger partial charge in [0.05, 0.1) is 0 Å². The number of nitrogens with two attached hydrogens (primary N) is 1. The summed E-state index contributed by atoms with van der Waals surface area (Å²) in [6.45, 7) is 3.00. The molecule has 3 nitrogen and oxygen atoms in total. The molecule has 0 aliphatic carbocycles. The summed E-state index contributed by atoms with van der Waals surface area (Å²) in [7, 11) is 0. The molecule has 0 amide bonds. The number of pyridine rings is 1. The van der Waals surface area contributed by atoms with Gasteiger partial charge in [-0.15, -0.1) is 11.3 Å². The van der Waals surface area contributed by atoms with Gasteiger partial charge in [0.25, 0.3) is 0 Å². The zero-order valence-corrected chi connectivity index (χ0v) is 10.3. The minimum absolute atomic E-state index is 0.286. The lowest BCUT2D eigenvalue weighted by molar-refractivity contribution is 0.613. The SMILES string of the molecule is CCC(N)CCNc1nccc2sccc12. The van der Waals surface area contributed by atoms with Crippen LogP contribution in [0.2, 0.25) is 0 Å². The summed E-state index contributed by atoms with van der Waals surface area (Å²) in [5.74, 6) is 0.974. The number of hydrogen-bond acceptors (Lipinski definition) is 4. The molecule has 0 saturated heterocycles. The summed E-state index contributed by atoms with van der Waals surface area (Å²) in [5, 5.41) is 6.65. The lowest BCUT2D eigenvalue weighted by Crippen LogP contribution is -2.22. The van der Waals surface area contributed by atoms with Crippen LogP contribution in [0.5, 0.6) is 0 Å². The molecule has 0 spiro atoms. The minimum atomic E-state index is 0.286. The van der Waals surface area contributed by atoms with Gasteiger partial charge >= 0.3 is 0 Å². The van der Waals surface area contributed by atoms with Gasteiger partial charge in [-0.05, 0) is 30.4 Å². The third kappa shape index (κ3) is 2.51. The van der Waals surface area contributed by atoms with Gasteiger partial charge in [0.15, 0.2) is 0 Å². The molecule has 1 atom stereocenters. The van der Waals surface area contributed by atoms with Crippen molar-refractivity contribution in [2.45, 2.75) is 25.8 Å². The van der Waals surface area contributed by atoms with Crippen LogP contribution in [0.4, 0.5) is 5.82 Å². The lowest BCUT2D eigenvalue weighted by atomic mass is 10.2. The molecule has 2 rings (SSSR count). The highest BCUT2D eigenvalue weighted by Gasteiger charge is 2.03. The standard InChI is InChI=1S/C12H17N3S/c1-2-9(13)3-6-14-12-10-5-8-16-11(10)4-7-15-12/h4-5,7-9H,2-3,6,13H2,1H3,(H,14,15). The molecule has 0 bridgehead atoms. The first kappa shape index (κ1) is 11.4. The Balaban J connectivity index is 2.01. The number of nitrogens with zero attached hydrogens (tertiary/aromatic N) is 1. The van der Waals surface area contributed by atoms with Gasteiger partial charge in [0, 0.05) is 28.9 Å². The third-order valence-electron chi connectivity index (χ3n) is 2.71. The highest BCUT2D eigenvalue weighted by atomic mass is 32.1. The molecule has 2 aromatic rings. The fourth-order valence-corrected chi connectivity index (χ4v) is 2.40. The molecule has 3 N–H and O–H groups in total. The fraction of sp³-hybridized carbons (Fsp3) is 0.417. The minimum Gasteiger partial charge on any atom is -0.369 e. The number of fused-ring (bicyclic) bond motifs is 1. The Kier molecular flexibility index (Phi) is 3.74. The first-order chi connectivity index (χ1) is 7.81. The van der Waals surface area contributed by atoms with Crippen molar-refractivity contribution in [3.63, 3.8) is 0 Å². The highest BCUT2D eigenvalue weighted by molar-refractivity contribution is 7.17. The van der Waals surface area contributed by atoms with Gasteiger partial charge < -0.3 is 11.1 Å². The number of hydrogen-bond donors (Lipinski definition) is 2. The fourth-order valence-electron chi connectivity index (χ4n) is 1.62. The molecule has 86 valence electrons. The number of anilines is 1. The van der Waals surface area contributed by atoms with Crippen molar-refractivity contribution < 1.29 is 0 Å². The third-order valence-corrected chi connectivity index (χ3v) is 3.59. The van der Waals surface area contributed by atoms with Gasteiger partial charge in [-0.2, -0.15) is 0 Å². The second kappa shape index (κ2) is 5.27. The van der Waals surface area contributed by atoms with Gasteiger partial charge in [0.2, 0.25) is 0 Å². The Labute approximate surface area is 99.7 Å². The summed E-state index contributed by atoms with van der Waals surface area (Å²) in [4.78, 5) is 4.36. The van der Waals surface area contributed by atoms with E-state index in [4.69, 9.17) is 5.73 Å². The van der Waals surface area contributed by atoms with E-state index in [-0.39, 0.29) is 6.04 Å². The molecule has 16 heavy (non-hydrogen) atoms. The van der Waals surface area contributed by atoms with E-state index in [0.29, 0.717) is 0 Å². The Hall–Kier alpha value is -1.13. The van der Waals surface area contributed by atoms with Crippen LogP contribution in [0, 0.1) is 0 Å². The van der Waals surface area contributed by atoms with Crippen LogP contribution in [-0.4, -0.2) is 17.6 Å². The number of nitrogens with one attached hydrogen (secondary N) is 1. The van der Waals surface area contributed by atoms with Crippen LogP contribution in [-0.2, 0) is 0 Å². The molecule has 0 saturated carbocycles. The Morgan fingerprint density at radius 3 is 3.19 bits per heavy atom. The van der Waals surface area contributed by atoms with E-state index in [1.165, 1.54) is 10.1 Å². The van der Waals surface area contributed by atoms with Crippen LogP contribution in [0.3, 0.4) is 0 Å². The Bertz CT molecular complexity index is 452. The normalized spacial score (nSPS) is 12.9. The van der Waals surface area contributed by atoms with E-state index in [2.05, 4.69) is 28.7 Å². The molecular weight excluding hydrogens is 218 g/mol. The molecule has 0 fully saturated rings. The van der Waals surface area contributed by atoms with Gasteiger partial charge in [0.1, 0.15) is 5.82 Å². The summed E-state index contributed by atoms with van der Waals surface area (Å²) >= 11 is 1.74. The van der Waals surface area contributed by atoms with Crippen LogP contribution in [0.15, 0.2) is 23.7 Å². The largest absolute Gasteiger partial charge is 0.369 e. The van der Waals surface area contributed by atoms with Gasteiger partial charge in [-0.25, -0.2) is 4.98 Å². The predicted molar refractivity (Wildman–Crippen MR) is 71.0 cm³/mol. The van der Waals surface area contributed by atoms with Crippen LogP contribution < -0.4 is 11.1 Å². The number of rotatable bonds is 5. The van der Waals surface area contributed by atoms with Crippen molar-refractivity contribution in [1.29, 1.82) is 0 Å². The second-order valence-electron chi connectivity index (χ2n) is 3.88. The van der Waals surface area contributed by atoms with E-state index in [0.717, 1.165) is 25.2 Å². The average Bonchev–Trinajstić information content (AvgIpc) is 2.77. The van der Waals surface area contributed by atoms with Crippen LogP contribution >= 0.6 is 11.3 Å². The van der Waals surface area contributed by atoms with E-state index in [1.54, 1.807) is 11.3 Å². The van der Waals surface area contributed by atoms with E-state index in [9.17, 15) is 0 Å². The zero-order chi connectivity index (χ0) is 11.4. The van der Waals surface area contributed by atoms with Gasteiger partial charge in [-0.1, -0.05) is 6.92 Å². The lowest BCUT2D eigenvalue weighted by Gasteiger charge is -2.10. The van der Waals surface area contributed by atoms with E-state index in [1.807, 2.05) is 12.3 Å². The molecule has 0 aliphatic heterocycles. The molecule has 1 unspecified atom stereocenters. The summed E-state index contributed by atoms with van der Waals surface area (Å²) in [6.07, 6.45) is 3.86. The van der Waals surface area contributed by atoms with Gasteiger partial charge in [-0.3, -0.25) is 0 Å². The maximum absolute atomic E-state index is 5.87. The quantitative estimate of drug-likeness (QED) is 0.838. The topological polar surface area (TPSA) is 50.9 Å². The summed E-state index contributed by atoms with van der Waals surface area (Å²) in [6, 6.07) is 4.44. The van der Waals surface area contributed by atoms with Crippen molar-refractivity contribution in [3.05, 3.63) is 23.7 Å². The molecule has 0 aromatic carbocycles.